The van der Waals surface area contributed by atoms with Crippen LogP contribution in [0.15, 0.2) is 0 Å². The summed E-state index contributed by atoms with van der Waals surface area (Å²) < 4.78 is 0. The van der Waals surface area contributed by atoms with E-state index in [0.29, 0.717) is 0 Å². The van der Waals surface area contributed by atoms with Crippen LogP contribution in [0.2, 0.25) is 0 Å². The van der Waals surface area contributed by atoms with Crippen LogP contribution < -0.4 is 5.32 Å². The monoisotopic (exact) mass is 224 g/mol. The highest BCUT2D eigenvalue weighted by Gasteiger charge is 2.16. The number of hydrogen-bond acceptors (Lipinski definition) is 3. The molecule has 1 aromatic rings. The molecule has 0 aliphatic carbocycles. The van der Waals surface area contributed by atoms with Crippen LogP contribution in [0.3, 0.4) is 0 Å². The maximum atomic E-state index is 4.67. The van der Waals surface area contributed by atoms with E-state index in [2.05, 4.69) is 24.1 Å². The SMILES string of the molecule is CCc1sc(CC2CCCNC2)nc1C. The standard InChI is InChI=1S/C12H20N2S/c1-3-11-9(2)14-12(15-11)7-10-5-4-6-13-8-10/h10,13H,3-8H2,1-2H3. The van der Waals surface area contributed by atoms with Crippen molar-refractivity contribution < 1.29 is 0 Å². The summed E-state index contributed by atoms with van der Waals surface area (Å²) in [6.07, 6.45) is 5.01. The Labute approximate surface area is 96.1 Å². The number of nitrogens with zero attached hydrogens (tertiary/aromatic N) is 1. The molecule has 1 aliphatic rings. The Hall–Kier alpha value is -0.410. The van der Waals surface area contributed by atoms with Gasteiger partial charge < -0.3 is 5.32 Å². The maximum absolute atomic E-state index is 4.67. The van der Waals surface area contributed by atoms with Crippen LogP contribution >= 0.6 is 11.3 Å². The van der Waals surface area contributed by atoms with E-state index in [0.717, 1.165) is 12.3 Å². The largest absolute Gasteiger partial charge is 0.316 e. The van der Waals surface area contributed by atoms with Crippen LogP contribution in [0, 0.1) is 12.8 Å². The van der Waals surface area contributed by atoms with Gasteiger partial charge in [-0.3, -0.25) is 0 Å². The van der Waals surface area contributed by atoms with Crippen molar-refractivity contribution in [1.82, 2.24) is 10.3 Å². The van der Waals surface area contributed by atoms with Crippen LogP contribution in [0.25, 0.3) is 0 Å². The van der Waals surface area contributed by atoms with Gasteiger partial charge in [0.2, 0.25) is 0 Å². The van der Waals surface area contributed by atoms with Crippen molar-refractivity contribution in [1.29, 1.82) is 0 Å². The van der Waals surface area contributed by atoms with Gasteiger partial charge in [-0.25, -0.2) is 4.98 Å². The minimum atomic E-state index is 0.814. The van der Waals surface area contributed by atoms with Gasteiger partial charge in [0, 0.05) is 11.3 Å². The molecule has 0 amide bonds. The highest BCUT2D eigenvalue weighted by atomic mass is 32.1. The molecule has 0 radical (unpaired) electrons. The molecule has 0 saturated carbocycles. The first-order valence-electron chi connectivity index (χ1n) is 5.95. The minimum absolute atomic E-state index is 0.814. The van der Waals surface area contributed by atoms with Gasteiger partial charge in [0.05, 0.1) is 10.7 Å². The van der Waals surface area contributed by atoms with Gasteiger partial charge in [-0.2, -0.15) is 0 Å². The van der Waals surface area contributed by atoms with Gasteiger partial charge in [0.25, 0.3) is 0 Å². The quantitative estimate of drug-likeness (QED) is 0.853. The molecule has 15 heavy (non-hydrogen) atoms. The lowest BCUT2D eigenvalue weighted by Crippen LogP contribution is -2.30. The van der Waals surface area contributed by atoms with Gasteiger partial charge in [0.15, 0.2) is 0 Å². The molecule has 3 heteroatoms. The minimum Gasteiger partial charge on any atom is -0.316 e. The average molecular weight is 224 g/mol. The Bertz CT molecular complexity index is 313. The number of aromatic nitrogens is 1. The Morgan fingerprint density at radius 1 is 1.53 bits per heavy atom. The molecule has 0 aromatic carbocycles. The predicted octanol–water partition coefficient (Wildman–Crippen LogP) is 2.56. The van der Waals surface area contributed by atoms with Crippen molar-refractivity contribution in [3.05, 3.63) is 15.6 Å². The molecule has 0 bridgehead atoms. The number of nitrogens with one attached hydrogen (secondary N) is 1. The molecule has 84 valence electrons. The second kappa shape index (κ2) is 5.08. The summed E-state index contributed by atoms with van der Waals surface area (Å²) in [6, 6.07) is 0. The molecule has 1 aromatic heterocycles. The van der Waals surface area contributed by atoms with Crippen molar-refractivity contribution in [2.24, 2.45) is 5.92 Å². The Morgan fingerprint density at radius 2 is 2.40 bits per heavy atom. The van der Waals surface area contributed by atoms with Crippen LogP contribution in [-0.4, -0.2) is 18.1 Å². The van der Waals surface area contributed by atoms with Gasteiger partial charge in [0.1, 0.15) is 0 Å². The van der Waals surface area contributed by atoms with Crippen molar-refractivity contribution in [2.45, 2.75) is 39.5 Å². The molecule has 0 spiro atoms. The van der Waals surface area contributed by atoms with Crippen LogP contribution in [0.5, 0.6) is 0 Å². The summed E-state index contributed by atoms with van der Waals surface area (Å²) in [5.74, 6) is 0.814. The van der Waals surface area contributed by atoms with E-state index in [1.165, 1.54) is 47.9 Å². The Kier molecular flexibility index (Phi) is 3.76. The fourth-order valence-corrected chi connectivity index (χ4v) is 3.37. The topological polar surface area (TPSA) is 24.9 Å². The molecule has 2 rings (SSSR count). The van der Waals surface area contributed by atoms with E-state index in [9.17, 15) is 0 Å². The predicted molar refractivity (Wildman–Crippen MR) is 65.5 cm³/mol. The molecule has 2 heterocycles. The highest BCUT2D eigenvalue weighted by molar-refractivity contribution is 7.11. The van der Waals surface area contributed by atoms with Gasteiger partial charge in [-0.15, -0.1) is 11.3 Å². The summed E-state index contributed by atoms with van der Waals surface area (Å²) in [6.45, 7) is 6.73. The second-order valence-corrected chi connectivity index (χ2v) is 5.55. The van der Waals surface area contributed by atoms with Crippen molar-refractivity contribution >= 4 is 11.3 Å². The van der Waals surface area contributed by atoms with Crippen molar-refractivity contribution in [3.8, 4) is 0 Å². The third-order valence-electron chi connectivity index (χ3n) is 3.12. The Balaban J connectivity index is 1.97. The second-order valence-electron chi connectivity index (χ2n) is 4.39. The molecule has 1 N–H and O–H groups in total. The van der Waals surface area contributed by atoms with Gasteiger partial charge >= 0.3 is 0 Å². The van der Waals surface area contributed by atoms with E-state index in [1.54, 1.807) is 0 Å². The fraction of sp³-hybridized carbons (Fsp3) is 0.750. The number of thiazole rings is 1. The highest BCUT2D eigenvalue weighted by Crippen LogP contribution is 2.23. The van der Waals surface area contributed by atoms with Crippen molar-refractivity contribution in [3.63, 3.8) is 0 Å². The zero-order chi connectivity index (χ0) is 10.7. The lowest BCUT2D eigenvalue weighted by Gasteiger charge is -2.21. The summed E-state index contributed by atoms with van der Waals surface area (Å²) >= 11 is 1.91. The molecular weight excluding hydrogens is 204 g/mol. The van der Waals surface area contributed by atoms with E-state index >= 15 is 0 Å². The molecule has 1 saturated heterocycles. The Morgan fingerprint density at radius 3 is 3.00 bits per heavy atom. The third-order valence-corrected chi connectivity index (χ3v) is 4.44. The van der Waals surface area contributed by atoms with Crippen LogP contribution in [-0.2, 0) is 12.8 Å². The molecule has 1 atom stereocenters. The number of rotatable bonds is 3. The van der Waals surface area contributed by atoms with Gasteiger partial charge in [-0.1, -0.05) is 6.92 Å². The van der Waals surface area contributed by atoms with Crippen molar-refractivity contribution in [2.75, 3.05) is 13.1 Å². The van der Waals surface area contributed by atoms with E-state index in [4.69, 9.17) is 0 Å². The van der Waals surface area contributed by atoms with Gasteiger partial charge in [-0.05, 0) is 45.2 Å². The summed E-state index contributed by atoms with van der Waals surface area (Å²) in [5, 5.41) is 4.81. The lowest BCUT2D eigenvalue weighted by atomic mass is 9.97. The number of piperidine rings is 1. The molecule has 1 unspecified atom stereocenters. The number of hydrogen-bond donors (Lipinski definition) is 1. The molecule has 1 aliphatic heterocycles. The zero-order valence-electron chi connectivity index (χ0n) is 9.68. The van der Waals surface area contributed by atoms with E-state index in [-0.39, 0.29) is 0 Å². The molecule has 1 fully saturated rings. The first-order chi connectivity index (χ1) is 7.29. The first kappa shape index (κ1) is 11.1. The normalized spacial score (nSPS) is 21.9. The summed E-state index contributed by atoms with van der Waals surface area (Å²) in [4.78, 5) is 6.13. The zero-order valence-corrected chi connectivity index (χ0v) is 10.5. The summed E-state index contributed by atoms with van der Waals surface area (Å²) in [5.41, 5.74) is 1.25. The fourth-order valence-electron chi connectivity index (χ4n) is 2.25. The maximum Gasteiger partial charge on any atom is 0.0934 e. The van der Waals surface area contributed by atoms with Crippen LogP contribution in [0.1, 0.15) is 35.3 Å². The molecular formula is C12H20N2S. The number of aryl methyl sites for hydroxylation is 2. The summed E-state index contributed by atoms with van der Waals surface area (Å²) in [7, 11) is 0. The smallest absolute Gasteiger partial charge is 0.0934 e. The first-order valence-corrected chi connectivity index (χ1v) is 6.77. The van der Waals surface area contributed by atoms with E-state index < -0.39 is 0 Å². The van der Waals surface area contributed by atoms with Crippen LogP contribution in [0.4, 0.5) is 0 Å². The lowest BCUT2D eigenvalue weighted by molar-refractivity contribution is 0.375. The average Bonchev–Trinajstić information content (AvgIpc) is 2.60. The third kappa shape index (κ3) is 2.79. The molecule has 2 nitrogen and oxygen atoms in total. The van der Waals surface area contributed by atoms with E-state index in [1.807, 2.05) is 11.3 Å².